The predicted octanol–water partition coefficient (Wildman–Crippen LogP) is -0.0522. The van der Waals surface area contributed by atoms with Gasteiger partial charge in [0.05, 0.1) is 18.6 Å². The minimum atomic E-state index is -0.106. The maximum absolute atomic E-state index is 10.7. The van der Waals surface area contributed by atoms with Crippen LogP contribution in [0.15, 0.2) is 29.6 Å². The van der Waals surface area contributed by atoms with Gasteiger partial charge in [-0.25, -0.2) is 4.98 Å². The van der Waals surface area contributed by atoms with Gasteiger partial charge in [-0.05, 0) is 0 Å². The van der Waals surface area contributed by atoms with Gasteiger partial charge in [0, 0.05) is 18.5 Å². The number of H-pyrrole nitrogens is 2. The fourth-order valence-electron chi connectivity index (χ4n) is 1.03. The molecule has 2 rings (SSSR count). The lowest BCUT2D eigenvalue weighted by molar-refractivity contribution is 0.767. The van der Waals surface area contributed by atoms with Crippen LogP contribution in [0.4, 0.5) is 0 Å². The molecule has 62 valence electrons. The Bertz CT molecular complexity index is 397. The van der Waals surface area contributed by atoms with Crippen LogP contribution in [0, 0.1) is 0 Å². The molecule has 2 aromatic heterocycles. The molecular weight excluding hydrogens is 156 g/mol. The summed E-state index contributed by atoms with van der Waals surface area (Å²) in [4.78, 5) is 14.6. The van der Waals surface area contributed by atoms with E-state index < -0.39 is 0 Å². The summed E-state index contributed by atoms with van der Waals surface area (Å²) in [6, 6.07) is 1.53. The highest BCUT2D eigenvalue weighted by atomic mass is 16.1. The molecule has 5 heteroatoms. The van der Waals surface area contributed by atoms with Gasteiger partial charge in [0.15, 0.2) is 0 Å². The molecule has 0 fully saturated rings. The lowest BCUT2D eigenvalue weighted by Gasteiger charge is -1.96. The second kappa shape index (κ2) is 2.69. The minimum absolute atomic E-state index is 0.106. The Morgan fingerprint density at radius 2 is 2.42 bits per heavy atom. The third-order valence-electron chi connectivity index (χ3n) is 1.56. The van der Waals surface area contributed by atoms with Crippen LogP contribution in [-0.2, 0) is 6.54 Å². The first-order chi connectivity index (χ1) is 5.84. The van der Waals surface area contributed by atoms with Crippen LogP contribution in [0.2, 0.25) is 0 Å². The summed E-state index contributed by atoms with van der Waals surface area (Å²) in [6.45, 7) is 0.638. The van der Waals surface area contributed by atoms with Crippen LogP contribution in [0.3, 0.4) is 0 Å². The molecule has 2 N–H and O–H groups in total. The van der Waals surface area contributed by atoms with E-state index in [-0.39, 0.29) is 5.56 Å². The van der Waals surface area contributed by atoms with E-state index in [0.29, 0.717) is 6.54 Å². The van der Waals surface area contributed by atoms with Crippen LogP contribution in [0.25, 0.3) is 0 Å². The molecule has 0 radical (unpaired) electrons. The Morgan fingerprint density at radius 3 is 3.00 bits per heavy atom. The van der Waals surface area contributed by atoms with Gasteiger partial charge in [-0.3, -0.25) is 9.89 Å². The van der Waals surface area contributed by atoms with Gasteiger partial charge in [-0.15, -0.1) is 0 Å². The lowest BCUT2D eigenvalue weighted by atomic mass is 10.4. The lowest BCUT2D eigenvalue weighted by Crippen LogP contribution is -1.96. The highest BCUT2D eigenvalue weighted by Gasteiger charge is 1.95. The molecule has 0 amide bonds. The van der Waals surface area contributed by atoms with E-state index in [0.717, 1.165) is 5.69 Å². The van der Waals surface area contributed by atoms with E-state index in [2.05, 4.69) is 15.2 Å². The van der Waals surface area contributed by atoms with E-state index in [1.807, 2.05) is 10.8 Å². The van der Waals surface area contributed by atoms with Crippen molar-refractivity contribution in [3.8, 4) is 0 Å². The smallest absolute Gasteiger partial charge is 0.264 e. The van der Waals surface area contributed by atoms with Crippen molar-refractivity contribution >= 4 is 0 Å². The van der Waals surface area contributed by atoms with Crippen molar-refractivity contribution in [2.24, 2.45) is 0 Å². The fraction of sp³-hybridized carbons (Fsp3) is 0.143. The molecule has 0 aromatic carbocycles. The van der Waals surface area contributed by atoms with Crippen molar-refractivity contribution in [2.45, 2.75) is 6.54 Å². The first-order valence-electron chi connectivity index (χ1n) is 3.57. The number of imidazole rings is 1. The third-order valence-corrected chi connectivity index (χ3v) is 1.56. The van der Waals surface area contributed by atoms with Crippen molar-refractivity contribution in [1.82, 2.24) is 19.7 Å². The topological polar surface area (TPSA) is 66.5 Å². The van der Waals surface area contributed by atoms with Gasteiger partial charge in [-0.1, -0.05) is 0 Å². The molecule has 0 unspecified atom stereocenters. The Balaban J connectivity index is 2.19. The summed E-state index contributed by atoms with van der Waals surface area (Å²) in [5, 5.41) is 5.22. The number of aromatic amines is 2. The molecule has 2 heterocycles. The molecular formula is C7H8N4O. The van der Waals surface area contributed by atoms with Gasteiger partial charge in [0.2, 0.25) is 0 Å². The fourth-order valence-corrected chi connectivity index (χ4v) is 1.03. The van der Waals surface area contributed by atoms with Crippen LogP contribution >= 0.6 is 0 Å². The molecule has 0 aliphatic carbocycles. The molecule has 0 atom stereocenters. The maximum atomic E-state index is 10.7. The van der Waals surface area contributed by atoms with E-state index in [1.54, 1.807) is 12.5 Å². The average Bonchev–Trinajstić information content (AvgIpc) is 2.63. The molecule has 2 aromatic rings. The Hall–Kier alpha value is -1.78. The summed E-state index contributed by atoms with van der Waals surface area (Å²) in [7, 11) is 0. The largest absolute Gasteiger partial charge is 0.332 e. The van der Waals surface area contributed by atoms with Crippen molar-refractivity contribution in [3.05, 3.63) is 40.8 Å². The zero-order valence-corrected chi connectivity index (χ0v) is 6.32. The third kappa shape index (κ3) is 1.29. The molecule has 0 aliphatic rings. The van der Waals surface area contributed by atoms with E-state index >= 15 is 0 Å². The van der Waals surface area contributed by atoms with E-state index in [1.165, 1.54) is 6.07 Å². The molecule has 5 nitrogen and oxygen atoms in total. The number of hydrogen-bond acceptors (Lipinski definition) is 2. The molecule has 0 aliphatic heterocycles. The SMILES string of the molecule is O=c1cc(Cn2ccnc2)[nH][nH]1. The molecule has 0 bridgehead atoms. The first kappa shape index (κ1) is 6.90. The quantitative estimate of drug-likeness (QED) is 0.653. The second-order valence-corrected chi connectivity index (χ2v) is 2.52. The van der Waals surface area contributed by atoms with Crippen molar-refractivity contribution in [2.75, 3.05) is 0 Å². The number of hydrogen-bond donors (Lipinski definition) is 2. The van der Waals surface area contributed by atoms with Crippen LogP contribution < -0.4 is 5.56 Å². The summed E-state index contributed by atoms with van der Waals surface area (Å²) in [6.07, 6.45) is 5.24. The minimum Gasteiger partial charge on any atom is -0.332 e. The highest BCUT2D eigenvalue weighted by molar-refractivity contribution is 4.99. The zero-order valence-electron chi connectivity index (χ0n) is 6.32. The van der Waals surface area contributed by atoms with Gasteiger partial charge < -0.3 is 9.67 Å². The van der Waals surface area contributed by atoms with Gasteiger partial charge in [-0.2, -0.15) is 0 Å². The summed E-state index contributed by atoms with van der Waals surface area (Å²) < 4.78 is 1.87. The Labute approximate surface area is 68.1 Å². The molecule has 12 heavy (non-hydrogen) atoms. The number of nitrogens with one attached hydrogen (secondary N) is 2. The molecule has 0 saturated heterocycles. The standard InChI is InChI=1S/C7H8N4O/c12-7-3-6(9-10-7)4-11-2-1-8-5-11/h1-3,5H,4H2,(H2,9,10,12). The highest BCUT2D eigenvalue weighted by Crippen LogP contribution is 1.93. The van der Waals surface area contributed by atoms with E-state index in [9.17, 15) is 4.79 Å². The second-order valence-electron chi connectivity index (χ2n) is 2.52. The van der Waals surface area contributed by atoms with Crippen molar-refractivity contribution < 1.29 is 0 Å². The Morgan fingerprint density at radius 1 is 1.50 bits per heavy atom. The maximum Gasteiger partial charge on any atom is 0.264 e. The van der Waals surface area contributed by atoms with Crippen molar-refractivity contribution in [1.29, 1.82) is 0 Å². The van der Waals surface area contributed by atoms with Crippen molar-refractivity contribution in [3.63, 3.8) is 0 Å². The molecule has 0 saturated carbocycles. The predicted molar refractivity (Wildman–Crippen MR) is 42.7 cm³/mol. The number of nitrogens with zero attached hydrogens (tertiary/aromatic N) is 2. The first-order valence-corrected chi connectivity index (χ1v) is 3.57. The zero-order chi connectivity index (χ0) is 8.39. The van der Waals surface area contributed by atoms with E-state index in [4.69, 9.17) is 0 Å². The summed E-state index contributed by atoms with van der Waals surface area (Å²) >= 11 is 0. The monoisotopic (exact) mass is 164 g/mol. The molecule has 0 spiro atoms. The van der Waals surface area contributed by atoms with Gasteiger partial charge in [0.25, 0.3) is 5.56 Å². The van der Waals surface area contributed by atoms with Crippen LogP contribution in [0.5, 0.6) is 0 Å². The summed E-state index contributed by atoms with van der Waals surface area (Å²) in [5.41, 5.74) is 0.739. The van der Waals surface area contributed by atoms with Gasteiger partial charge >= 0.3 is 0 Å². The van der Waals surface area contributed by atoms with Crippen LogP contribution in [-0.4, -0.2) is 19.7 Å². The summed E-state index contributed by atoms with van der Waals surface area (Å²) in [5.74, 6) is 0. The number of rotatable bonds is 2. The van der Waals surface area contributed by atoms with Gasteiger partial charge in [0.1, 0.15) is 0 Å². The van der Waals surface area contributed by atoms with Crippen LogP contribution in [0.1, 0.15) is 5.69 Å². The normalized spacial score (nSPS) is 10.3. The Kier molecular flexibility index (Phi) is 1.55. The number of aromatic nitrogens is 4. The average molecular weight is 164 g/mol.